The van der Waals surface area contributed by atoms with Gasteiger partial charge in [0.05, 0.1) is 12.5 Å². The van der Waals surface area contributed by atoms with Gasteiger partial charge in [-0.1, -0.05) is 78.9 Å². The van der Waals surface area contributed by atoms with Crippen LogP contribution in [0, 0.1) is 0 Å². The Hall–Kier alpha value is -3.60. The van der Waals surface area contributed by atoms with Crippen molar-refractivity contribution in [2.24, 2.45) is 0 Å². The number of aliphatic carboxylic acids is 1. The smallest absolute Gasteiger partial charge is 0.410 e. The molecule has 5 nitrogen and oxygen atoms in total. The van der Waals surface area contributed by atoms with Gasteiger partial charge in [0.25, 0.3) is 0 Å². The molecule has 0 bridgehead atoms. The average Bonchev–Trinajstić information content (AvgIpc) is 3.09. The van der Waals surface area contributed by atoms with Crippen molar-refractivity contribution in [3.63, 3.8) is 0 Å². The third kappa shape index (κ3) is 3.79. The summed E-state index contributed by atoms with van der Waals surface area (Å²) in [5.41, 5.74) is 5.36. The van der Waals surface area contributed by atoms with Gasteiger partial charge in [-0.2, -0.15) is 0 Å². The molecule has 0 spiro atoms. The van der Waals surface area contributed by atoms with Crippen molar-refractivity contribution in [1.29, 1.82) is 0 Å². The summed E-state index contributed by atoms with van der Waals surface area (Å²) < 4.78 is 5.68. The summed E-state index contributed by atoms with van der Waals surface area (Å²) >= 11 is 0. The molecule has 0 aromatic heterocycles. The second kappa shape index (κ2) is 8.41. The lowest BCUT2D eigenvalue weighted by Gasteiger charge is -2.27. The van der Waals surface area contributed by atoms with Crippen LogP contribution in [0.5, 0.6) is 0 Å². The number of rotatable bonds is 6. The summed E-state index contributed by atoms with van der Waals surface area (Å²) in [6, 6.07) is 24.8. The van der Waals surface area contributed by atoms with Gasteiger partial charge >= 0.3 is 12.1 Å². The van der Waals surface area contributed by atoms with Crippen molar-refractivity contribution >= 4 is 12.1 Å². The number of amides is 1. The van der Waals surface area contributed by atoms with Crippen LogP contribution in [0.1, 0.15) is 35.1 Å². The van der Waals surface area contributed by atoms with Crippen LogP contribution in [0.3, 0.4) is 0 Å². The number of carboxylic acid groups (broad SMARTS) is 1. The van der Waals surface area contributed by atoms with Crippen LogP contribution in [-0.2, 0) is 9.53 Å². The number of carbonyl (C=O) groups excluding carboxylic acids is 1. The molecule has 0 saturated heterocycles. The number of carbonyl (C=O) groups is 2. The Morgan fingerprint density at radius 3 is 2.00 bits per heavy atom. The first kappa shape index (κ1) is 19.7. The van der Waals surface area contributed by atoms with Gasteiger partial charge < -0.3 is 14.7 Å². The summed E-state index contributed by atoms with van der Waals surface area (Å²) in [6.45, 7) is 0.200. The first-order valence-electron chi connectivity index (χ1n) is 9.91. The number of nitrogens with zero attached hydrogens (tertiary/aromatic N) is 1. The Morgan fingerprint density at radius 2 is 1.43 bits per heavy atom. The number of hydrogen-bond donors (Lipinski definition) is 1. The lowest BCUT2D eigenvalue weighted by Crippen LogP contribution is -2.34. The Labute approximate surface area is 175 Å². The molecule has 3 aromatic rings. The highest BCUT2D eigenvalue weighted by atomic mass is 16.6. The molecule has 1 amide bonds. The largest absolute Gasteiger partial charge is 0.481 e. The fourth-order valence-corrected chi connectivity index (χ4v) is 4.14. The second-order valence-corrected chi connectivity index (χ2v) is 7.44. The van der Waals surface area contributed by atoms with Crippen LogP contribution >= 0.6 is 0 Å². The molecule has 1 aliphatic rings. The maximum Gasteiger partial charge on any atom is 0.410 e. The van der Waals surface area contributed by atoms with Gasteiger partial charge in [0.15, 0.2) is 0 Å². The van der Waals surface area contributed by atoms with Crippen LogP contribution in [0.4, 0.5) is 4.79 Å². The molecule has 30 heavy (non-hydrogen) atoms. The monoisotopic (exact) mass is 401 g/mol. The first-order valence-corrected chi connectivity index (χ1v) is 9.91. The van der Waals surface area contributed by atoms with Crippen molar-refractivity contribution in [3.05, 3.63) is 95.6 Å². The zero-order valence-electron chi connectivity index (χ0n) is 16.7. The Balaban J connectivity index is 1.52. The number of benzene rings is 3. The third-order valence-electron chi connectivity index (χ3n) is 5.64. The maximum atomic E-state index is 12.8. The van der Waals surface area contributed by atoms with E-state index in [1.54, 1.807) is 7.05 Å². The van der Waals surface area contributed by atoms with Gasteiger partial charge in [-0.3, -0.25) is 4.79 Å². The topological polar surface area (TPSA) is 66.8 Å². The van der Waals surface area contributed by atoms with Gasteiger partial charge in [0.2, 0.25) is 0 Å². The summed E-state index contributed by atoms with van der Waals surface area (Å²) in [7, 11) is 1.58. The number of ether oxygens (including phenoxy) is 1. The van der Waals surface area contributed by atoms with E-state index in [9.17, 15) is 14.7 Å². The zero-order valence-corrected chi connectivity index (χ0v) is 16.7. The fraction of sp³-hybridized carbons (Fsp3) is 0.200. The highest BCUT2D eigenvalue weighted by molar-refractivity contribution is 5.79. The van der Waals surface area contributed by atoms with Crippen LogP contribution in [0.25, 0.3) is 11.1 Å². The quantitative estimate of drug-likeness (QED) is 0.625. The summed E-state index contributed by atoms with van der Waals surface area (Å²) in [5.74, 6) is -1.01. The molecule has 152 valence electrons. The van der Waals surface area contributed by atoms with E-state index in [1.165, 1.54) is 4.90 Å². The SMILES string of the molecule is CN(C(=O)OCC1c2ccccc2-c2ccccc21)C(CC(=O)O)c1ccccc1. The molecule has 1 aliphatic carbocycles. The Kier molecular flexibility index (Phi) is 5.53. The van der Waals surface area contributed by atoms with E-state index < -0.39 is 18.1 Å². The molecule has 0 fully saturated rings. The van der Waals surface area contributed by atoms with Gasteiger partial charge in [0, 0.05) is 13.0 Å². The van der Waals surface area contributed by atoms with Gasteiger partial charge in [-0.15, -0.1) is 0 Å². The molecular formula is C25H23NO4. The first-order chi connectivity index (χ1) is 14.6. The molecule has 0 aliphatic heterocycles. The predicted molar refractivity (Wildman–Crippen MR) is 114 cm³/mol. The molecule has 1 unspecified atom stereocenters. The minimum atomic E-state index is -0.970. The molecule has 3 aromatic carbocycles. The van der Waals surface area contributed by atoms with Crippen LogP contribution in [0.15, 0.2) is 78.9 Å². The van der Waals surface area contributed by atoms with Crippen LogP contribution in [-0.4, -0.2) is 35.7 Å². The van der Waals surface area contributed by atoms with E-state index in [-0.39, 0.29) is 18.9 Å². The fourth-order valence-electron chi connectivity index (χ4n) is 4.14. The van der Waals surface area contributed by atoms with Gasteiger partial charge in [0.1, 0.15) is 6.61 Å². The van der Waals surface area contributed by atoms with E-state index in [2.05, 4.69) is 24.3 Å². The van der Waals surface area contributed by atoms with E-state index in [1.807, 2.05) is 54.6 Å². The second-order valence-electron chi connectivity index (χ2n) is 7.44. The molecular weight excluding hydrogens is 378 g/mol. The number of hydrogen-bond acceptors (Lipinski definition) is 3. The minimum absolute atomic E-state index is 0.0376. The lowest BCUT2D eigenvalue weighted by molar-refractivity contribution is -0.138. The normalized spacial score (nSPS) is 13.2. The van der Waals surface area contributed by atoms with E-state index in [0.717, 1.165) is 27.8 Å². The van der Waals surface area contributed by atoms with Gasteiger partial charge in [-0.05, 0) is 27.8 Å². The average molecular weight is 401 g/mol. The van der Waals surface area contributed by atoms with Gasteiger partial charge in [-0.25, -0.2) is 4.79 Å². The summed E-state index contributed by atoms with van der Waals surface area (Å²) in [4.78, 5) is 25.6. The van der Waals surface area contributed by atoms with E-state index in [4.69, 9.17) is 4.74 Å². The van der Waals surface area contributed by atoms with Crippen molar-refractivity contribution < 1.29 is 19.4 Å². The van der Waals surface area contributed by atoms with E-state index in [0.29, 0.717) is 0 Å². The van der Waals surface area contributed by atoms with E-state index >= 15 is 0 Å². The van der Waals surface area contributed by atoms with Crippen LogP contribution in [0.2, 0.25) is 0 Å². The Bertz CT molecular complexity index is 1020. The highest BCUT2D eigenvalue weighted by Gasteiger charge is 2.31. The molecule has 0 radical (unpaired) electrons. The van der Waals surface area contributed by atoms with Crippen molar-refractivity contribution in [2.45, 2.75) is 18.4 Å². The number of fused-ring (bicyclic) bond motifs is 3. The van der Waals surface area contributed by atoms with Crippen molar-refractivity contribution in [1.82, 2.24) is 4.90 Å². The lowest BCUT2D eigenvalue weighted by atomic mass is 9.98. The highest BCUT2D eigenvalue weighted by Crippen LogP contribution is 2.44. The van der Waals surface area contributed by atoms with Crippen molar-refractivity contribution in [2.75, 3.05) is 13.7 Å². The summed E-state index contributed by atoms with van der Waals surface area (Å²) in [5, 5.41) is 9.32. The standard InChI is InChI=1S/C25H23NO4/c1-26(23(15-24(27)28)17-9-3-2-4-10-17)25(29)30-16-22-20-13-7-5-11-18(20)19-12-6-8-14-21(19)22/h2-14,22-23H,15-16H2,1H3,(H,27,28). The molecule has 0 saturated carbocycles. The molecule has 5 heteroatoms. The Morgan fingerprint density at radius 1 is 0.900 bits per heavy atom. The van der Waals surface area contributed by atoms with Crippen LogP contribution < -0.4 is 0 Å². The minimum Gasteiger partial charge on any atom is -0.481 e. The predicted octanol–water partition coefficient (Wildman–Crippen LogP) is 5.08. The number of carboxylic acids is 1. The maximum absolute atomic E-state index is 12.8. The zero-order chi connectivity index (χ0) is 21.1. The molecule has 1 atom stereocenters. The summed E-state index contributed by atoms with van der Waals surface area (Å²) in [6.07, 6.45) is -0.725. The third-order valence-corrected chi connectivity index (χ3v) is 5.64. The molecule has 0 heterocycles. The molecule has 1 N–H and O–H groups in total. The van der Waals surface area contributed by atoms with Crippen molar-refractivity contribution in [3.8, 4) is 11.1 Å². The molecule has 4 rings (SSSR count).